The van der Waals surface area contributed by atoms with Crippen molar-refractivity contribution < 1.29 is 4.42 Å². The van der Waals surface area contributed by atoms with E-state index in [1.807, 2.05) is 19.2 Å². The molecule has 3 nitrogen and oxygen atoms in total. The molecule has 4 heteroatoms. The molecule has 0 amide bonds. The van der Waals surface area contributed by atoms with Crippen molar-refractivity contribution >= 4 is 15.9 Å². The Morgan fingerprint density at radius 2 is 2.42 bits per heavy atom. The Hall–Kier alpha value is -1.03. The summed E-state index contributed by atoms with van der Waals surface area (Å²) < 4.78 is 7.71. The van der Waals surface area contributed by atoms with Crippen LogP contribution in [0.25, 0.3) is 5.69 Å². The molecule has 2 rings (SSSR count). The van der Waals surface area contributed by atoms with Crippen molar-refractivity contribution in [3.05, 3.63) is 35.0 Å². The molecule has 2 aromatic rings. The van der Waals surface area contributed by atoms with Crippen molar-refractivity contribution in [1.29, 1.82) is 0 Å². The number of furan rings is 1. The number of aryl methyl sites for hydroxylation is 1. The number of nitrogens with zero attached hydrogens (tertiary/aromatic N) is 2. The van der Waals surface area contributed by atoms with Crippen LogP contribution in [0.5, 0.6) is 0 Å². The summed E-state index contributed by atoms with van der Waals surface area (Å²) in [5.41, 5.74) is 1.90. The highest BCUT2D eigenvalue weighted by Crippen LogP contribution is 2.16. The van der Waals surface area contributed by atoms with Crippen LogP contribution in [-0.4, -0.2) is 9.78 Å². The second-order valence-corrected chi connectivity index (χ2v) is 3.34. The molecular weight excluding hydrogens is 220 g/mol. The van der Waals surface area contributed by atoms with Gasteiger partial charge in [0.05, 0.1) is 16.4 Å². The highest BCUT2D eigenvalue weighted by atomic mass is 79.9. The minimum atomic E-state index is 0.934. The highest BCUT2D eigenvalue weighted by Gasteiger charge is 2.03. The predicted octanol–water partition coefficient (Wildman–Crippen LogP) is 2.54. The Bertz CT molecular complexity index is 358. The largest absolute Gasteiger partial charge is 0.470 e. The van der Waals surface area contributed by atoms with Crippen molar-refractivity contribution in [2.45, 2.75) is 6.92 Å². The lowest BCUT2D eigenvalue weighted by molar-refractivity contribution is 0.564. The van der Waals surface area contributed by atoms with Gasteiger partial charge in [-0.3, -0.25) is 0 Å². The summed E-state index contributed by atoms with van der Waals surface area (Å²) in [5, 5.41) is 4.26. The van der Waals surface area contributed by atoms with Gasteiger partial charge in [0.15, 0.2) is 0 Å². The first kappa shape index (κ1) is 7.61. The Kier molecular flexibility index (Phi) is 1.77. The zero-order chi connectivity index (χ0) is 8.55. The van der Waals surface area contributed by atoms with Gasteiger partial charge < -0.3 is 4.42 Å². The summed E-state index contributed by atoms with van der Waals surface area (Å²) in [6.45, 7) is 1.95. The van der Waals surface area contributed by atoms with Gasteiger partial charge in [0.25, 0.3) is 0 Å². The lowest BCUT2D eigenvalue weighted by Gasteiger charge is -1.91. The highest BCUT2D eigenvalue weighted by molar-refractivity contribution is 9.10. The first-order valence-electron chi connectivity index (χ1n) is 3.52. The quantitative estimate of drug-likeness (QED) is 0.749. The second kappa shape index (κ2) is 2.79. The van der Waals surface area contributed by atoms with Crippen LogP contribution in [0.15, 0.2) is 33.7 Å². The average Bonchev–Trinajstić information content (AvgIpc) is 2.61. The van der Waals surface area contributed by atoms with Crippen LogP contribution < -0.4 is 0 Å². The number of halogens is 1. The fourth-order valence-corrected chi connectivity index (χ4v) is 1.23. The summed E-state index contributed by atoms with van der Waals surface area (Å²) >= 11 is 3.39. The van der Waals surface area contributed by atoms with E-state index in [-0.39, 0.29) is 0 Å². The van der Waals surface area contributed by atoms with Crippen LogP contribution in [0.4, 0.5) is 0 Å². The van der Waals surface area contributed by atoms with Gasteiger partial charge in [0.2, 0.25) is 0 Å². The lowest BCUT2D eigenvalue weighted by atomic mass is 10.5. The van der Waals surface area contributed by atoms with Crippen molar-refractivity contribution in [1.82, 2.24) is 9.78 Å². The lowest BCUT2D eigenvalue weighted by Crippen LogP contribution is -1.91. The predicted molar refractivity (Wildman–Crippen MR) is 48.3 cm³/mol. The molecular formula is C8H7BrN2O. The third-order valence-corrected chi connectivity index (χ3v) is 2.39. The van der Waals surface area contributed by atoms with E-state index in [2.05, 4.69) is 21.0 Å². The van der Waals surface area contributed by atoms with E-state index in [0.29, 0.717) is 0 Å². The van der Waals surface area contributed by atoms with Crippen LogP contribution in [0.3, 0.4) is 0 Å². The Morgan fingerprint density at radius 1 is 1.58 bits per heavy atom. The SMILES string of the molecule is Cc1nn(-c2ccoc2)cc1Br. The van der Waals surface area contributed by atoms with E-state index in [1.54, 1.807) is 17.2 Å². The van der Waals surface area contributed by atoms with Crippen LogP contribution >= 0.6 is 15.9 Å². The number of rotatable bonds is 1. The minimum Gasteiger partial charge on any atom is -0.470 e. The number of hydrogen-bond acceptors (Lipinski definition) is 2. The van der Waals surface area contributed by atoms with E-state index in [9.17, 15) is 0 Å². The molecule has 0 radical (unpaired) electrons. The van der Waals surface area contributed by atoms with Gasteiger partial charge in [0, 0.05) is 12.3 Å². The summed E-state index contributed by atoms with van der Waals surface area (Å²) in [6.07, 6.45) is 5.18. The van der Waals surface area contributed by atoms with Crippen molar-refractivity contribution in [2.75, 3.05) is 0 Å². The van der Waals surface area contributed by atoms with E-state index < -0.39 is 0 Å². The van der Waals surface area contributed by atoms with Gasteiger partial charge in [-0.1, -0.05) is 0 Å². The third kappa shape index (κ3) is 1.18. The van der Waals surface area contributed by atoms with E-state index >= 15 is 0 Å². The molecule has 0 spiro atoms. The average molecular weight is 227 g/mol. The van der Waals surface area contributed by atoms with Gasteiger partial charge in [-0.15, -0.1) is 0 Å². The van der Waals surface area contributed by atoms with Crippen molar-refractivity contribution in [3.8, 4) is 5.69 Å². The van der Waals surface area contributed by atoms with Gasteiger partial charge >= 0.3 is 0 Å². The Labute approximate surface area is 78.1 Å². The molecule has 0 aromatic carbocycles. The fraction of sp³-hybridized carbons (Fsp3) is 0.125. The van der Waals surface area contributed by atoms with E-state index in [4.69, 9.17) is 4.42 Å². The van der Waals surface area contributed by atoms with Crippen molar-refractivity contribution in [3.63, 3.8) is 0 Å². The minimum absolute atomic E-state index is 0.934. The normalized spacial score (nSPS) is 10.5. The topological polar surface area (TPSA) is 31.0 Å². The molecule has 0 aliphatic rings. The molecule has 0 atom stereocenters. The maximum atomic E-state index is 4.94. The van der Waals surface area contributed by atoms with Gasteiger partial charge in [0.1, 0.15) is 12.0 Å². The molecule has 2 heterocycles. The molecule has 0 aliphatic carbocycles. The summed E-state index contributed by atoms with van der Waals surface area (Å²) in [4.78, 5) is 0. The number of aromatic nitrogens is 2. The molecule has 0 saturated carbocycles. The monoisotopic (exact) mass is 226 g/mol. The maximum absolute atomic E-state index is 4.94. The standard InChI is InChI=1S/C8H7BrN2O/c1-6-8(9)4-11(10-6)7-2-3-12-5-7/h2-5H,1H3. The van der Waals surface area contributed by atoms with Crippen LogP contribution in [0, 0.1) is 6.92 Å². The van der Waals surface area contributed by atoms with Gasteiger partial charge in [-0.25, -0.2) is 4.68 Å². The van der Waals surface area contributed by atoms with E-state index in [1.165, 1.54) is 0 Å². The molecule has 0 aliphatic heterocycles. The van der Waals surface area contributed by atoms with E-state index in [0.717, 1.165) is 15.9 Å². The summed E-state index contributed by atoms with van der Waals surface area (Å²) in [5.74, 6) is 0. The molecule has 0 saturated heterocycles. The summed E-state index contributed by atoms with van der Waals surface area (Å²) in [6, 6.07) is 1.86. The smallest absolute Gasteiger partial charge is 0.116 e. The third-order valence-electron chi connectivity index (χ3n) is 1.61. The van der Waals surface area contributed by atoms with Gasteiger partial charge in [-0.2, -0.15) is 5.10 Å². The summed E-state index contributed by atoms with van der Waals surface area (Å²) in [7, 11) is 0. The molecule has 62 valence electrons. The molecule has 0 N–H and O–H groups in total. The zero-order valence-electron chi connectivity index (χ0n) is 6.49. The van der Waals surface area contributed by atoms with Crippen LogP contribution in [-0.2, 0) is 0 Å². The fourth-order valence-electron chi connectivity index (χ4n) is 0.959. The maximum Gasteiger partial charge on any atom is 0.116 e. The number of hydrogen-bond donors (Lipinski definition) is 0. The Balaban J connectivity index is 2.48. The molecule has 12 heavy (non-hydrogen) atoms. The van der Waals surface area contributed by atoms with Crippen LogP contribution in [0.2, 0.25) is 0 Å². The second-order valence-electron chi connectivity index (χ2n) is 2.49. The molecule has 0 fully saturated rings. The van der Waals surface area contributed by atoms with Crippen molar-refractivity contribution in [2.24, 2.45) is 0 Å². The van der Waals surface area contributed by atoms with Gasteiger partial charge in [-0.05, 0) is 22.9 Å². The van der Waals surface area contributed by atoms with Crippen LogP contribution in [0.1, 0.15) is 5.69 Å². The molecule has 0 bridgehead atoms. The first-order valence-corrected chi connectivity index (χ1v) is 4.31. The first-order chi connectivity index (χ1) is 5.77. The zero-order valence-corrected chi connectivity index (χ0v) is 8.08. The Morgan fingerprint density at radius 3 is 2.92 bits per heavy atom. The molecule has 0 unspecified atom stereocenters. The molecule has 2 aromatic heterocycles.